The maximum absolute atomic E-state index is 12.6. The summed E-state index contributed by atoms with van der Waals surface area (Å²) in [6.45, 7) is 1.86. The number of hydrogen-bond donors (Lipinski definition) is 2. The first-order valence-electron chi connectivity index (χ1n) is 8.59. The molecular formula is C21H19N3O3S. The number of aromatic nitrogens is 1. The van der Waals surface area contributed by atoms with Gasteiger partial charge in [-0.25, -0.2) is 4.79 Å². The van der Waals surface area contributed by atoms with E-state index < -0.39 is 11.2 Å². The Kier molecular flexibility index (Phi) is 6.41. The van der Waals surface area contributed by atoms with E-state index in [4.69, 9.17) is 0 Å². The summed E-state index contributed by atoms with van der Waals surface area (Å²) in [7, 11) is 0. The zero-order chi connectivity index (χ0) is 19.9. The van der Waals surface area contributed by atoms with E-state index in [1.54, 1.807) is 67.0 Å². The Morgan fingerprint density at radius 2 is 1.64 bits per heavy atom. The Morgan fingerprint density at radius 3 is 2.21 bits per heavy atom. The molecule has 3 rings (SSSR count). The van der Waals surface area contributed by atoms with Crippen molar-refractivity contribution >= 4 is 28.7 Å². The van der Waals surface area contributed by atoms with Crippen molar-refractivity contribution in [2.24, 2.45) is 0 Å². The van der Waals surface area contributed by atoms with E-state index in [1.165, 1.54) is 6.92 Å². The van der Waals surface area contributed by atoms with Gasteiger partial charge in [0.05, 0.1) is 0 Å². The third-order valence-corrected chi connectivity index (χ3v) is 5.38. The summed E-state index contributed by atoms with van der Waals surface area (Å²) < 4.78 is 12.6. The smallest absolute Gasteiger partial charge is 0.319 e. The second-order valence-electron chi connectivity index (χ2n) is 6.04. The maximum Gasteiger partial charge on any atom is 0.319 e. The van der Waals surface area contributed by atoms with Crippen LogP contribution in [0, 0.1) is 0 Å². The van der Waals surface area contributed by atoms with Crippen molar-refractivity contribution in [2.45, 2.75) is 23.3 Å². The van der Waals surface area contributed by atoms with Crippen molar-refractivity contribution in [3.8, 4) is 0 Å². The summed E-state index contributed by atoms with van der Waals surface area (Å²) in [5.74, 6) is -0.0328. The molecule has 1 unspecified atom stereocenters. The molecule has 0 bridgehead atoms. The van der Waals surface area contributed by atoms with Gasteiger partial charge in [0, 0.05) is 41.4 Å². The van der Waals surface area contributed by atoms with E-state index in [9.17, 15) is 14.1 Å². The van der Waals surface area contributed by atoms with Gasteiger partial charge in [-0.05, 0) is 67.1 Å². The summed E-state index contributed by atoms with van der Waals surface area (Å²) in [6, 6.07) is 16.8. The lowest BCUT2D eigenvalue weighted by atomic mass is 10.2. The number of nitrogens with zero attached hydrogens (tertiary/aromatic N) is 1. The topological polar surface area (TPSA) is 94.1 Å². The van der Waals surface area contributed by atoms with Crippen molar-refractivity contribution in [1.82, 2.24) is 10.3 Å². The van der Waals surface area contributed by atoms with Gasteiger partial charge in [-0.15, -0.1) is 0 Å². The zero-order valence-corrected chi connectivity index (χ0v) is 16.0. The first kappa shape index (κ1) is 19.6. The number of hydrogen-bond acceptors (Lipinski definition) is 4. The standard InChI is InChI=1S/C21H19N3O3S/c1-15(25)17-4-8-19(9-5-17)28(27)20-10-6-18(7-11-20)24-21(26)23-14-16-3-2-12-22-13-16/h2-13H,14H2,1H3,(H2,23,24,26). The number of urea groups is 1. The minimum atomic E-state index is -1.36. The number of nitrogens with one attached hydrogen (secondary N) is 2. The van der Waals surface area contributed by atoms with Crippen LogP contribution in [0.25, 0.3) is 0 Å². The van der Waals surface area contributed by atoms with Gasteiger partial charge in [0.15, 0.2) is 15.6 Å². The summed E-state index contributed by atoms with van der Waals surface area (Å²) in [5, 5.41) is 5.48. The summed E-state index contributed by atoms with van der Waals surface area (Å²) in [5.41, 5.74) is 2.08. The van der Waals surface area contributed by atoms with Gasteiger partial charge in [0.25, 0.3) is 0 Å². The summed E-state index contributed by atoms with van der Waals surface area (Å²) >= 11 is -1.36. The van der Waals surface area contributed by atoms with E-state index >= 15 is 0 Å². The number of ketones is 1. The molecule has 142 valence electrons. The Morgan fingerprint density at radius 1 is 1.00 bits per heavy atom. The van der Waals surface area contributed by atoms with E-state index in [2.05, 4.69) is 15.6 Å². The number of amides is 2. The highest BCUT2D eigenvalue weighted by atomic mass is 32.2. The molecule has 1 atom stereocenters. The van der Waals surface area contributed by atoms with Crippen LogP contribution in [0.2, 0.25) is 0 Å². The predicted molar refractivity (Wildman–Crippen MR) is 108 cm³/mol. The first-order valence-corrected chi connectivity index (χ1v) is 9.74. The van der Waals surface area contributed by atoms with Crippen molar-refractivity contribution in [2.75, 3.05) is 5.32 Å². The first-order chi connectivity index (χ1) is 13.5. The van der Waals surface area contributed by atoms with Gasteiger partial charge in [-0.3, -0.25) is 9.78 Å². The molecule has 0 spiro atoms. The molecule has 0 aliphatic carbocycles. The SMILES string of the molecule is CC(=O)c1ccc([S+]([O-])c2ccc(NC(=O)NCc3cccnc3)cc2)cc1. The van der Waals surface area contributed by atoms with Crippen LogP contribution in [0.1, 0.15) is 22.8 Å². The molecule has 7 heteroatoms. The molecule has 6 nitrogen and oxygen atoms in total. The van der Waals surface area contributed by atoms with E-state index in [0.717, 1.165) is 5.56 Å². The fraction of sp³-hybridized carbons (Fsp3) is 0.0952. The Bertz CT molecular complexity index is 945. The van der Waals surface area contributed by atoms with Gasteiger partial charge in [0.2, 0.25) is 0 Å². The van der Waals surface area contributed by atoms with Crippen LogP contribution in [0.4, 0.5) is 10.5 Å². The largest absolute Gasteiger partial charge is 0.606 e. The average molecular weight is 393 g/mol. The van der Waals surface area contributed by atoms with Crippen LogP contribution >= 0.6 is 0 Å². The van der Waals surface area contributed by atoms with Gasteiger partial charge in [0.1, 0.15) is 0 Å². The lowest BCUT2D eigenvalue weighted by molar-refractivity contribution is 0.101. The fourth-order valence-electron chi connectivity index (χ4n) is 2.47. The van der Waals surface area contributed by atoms with Crippen molar-refractivity contribution < 1.29 is 14.1 Å². The number of carbonyl (C=O) groups excluding carboxylic acids is 2. The van der Waals surface area contributed by atoms with Crippen LogP contribution in [0.3, 0.4) is 0 Å². The number of Topliss-reactive ketones (excluding diaryl/α,β-unsaturated/α-hetero) is 1. The number of benzene rings is 2. The highest BCUT2D eigenvalue weighted by Crippen LogP contribution is 2.22. The molecule has 2 aromatic carbocycles. The second-order valence-corrected chi connectivity index (χ2v) is 7.52. The van der Waals surface area contributed by atoms with Crippen molar-refractivity contribution in [3.63, 3.8) is 0 Å². The molecule has 2 amide bonds. The van der Waals surface area contributed by atoms with Gasteiger partial charge in [-0.1, -0.05) is 6.07 Å². The quantitative estimate of drug-likeness (QED) is 0.492. The van der Waals surface area contributed by atoms with Gasteiger partial charge < -0.3 is 15.2 Å². The highest BCUT2D eigenvalue weighted by molar-refractivity contribution is 7.91. The Labute approximate surface area is 166 Å². The number of anilines is 1. The average Bonchev–Trinajstić information content (AvgIpc) is 2.73. The van der Waals surface area contributed by atoms with Crippen LogP contribution in [0.5, 0.6) is 0 Å². The number of pyridine rings is 1. The zero-order valence-electron chi connectivity index (χ0n) is 15.2. The minimum Gasteiger partial charge on any atom is -0.606 e. The van der Waals surface area contributed by atoms with Gasteiger partial charge >= 0.3 is 6.03 Å². The number of rotatable bonds is 6. The van der Waals surface area contributed by atoms with Crippen LogP contribution in [0.15, 0.2) is 82.8 Å². The van der Waals surface area contributed by atoms with Crippen LogP contribution < -0.4 is 10.6 Å². The van der Waals surface area contributed by atoms with E-state index in [1.807, 2.05) is 6.07 Å². The summed E-state index contributed by atoms with van der Waals surface area (Å²) in [4.78, 5) is 28.5. The normalized spacial score (nSPS) is 11.5. The monoisotopic (exact) mass is 393 g/mol. The molecule has 2 N–H and O–H groups in total. The highest BCUT2D eigenvalue weighted by Gasteiger charge is 2.15. The maximum atomic E-state index is 12.6. The van der Waals surface area contributed by atoms with E-state index in [0.29, 0.717) is 27.6 Å². The molecule has 3 aromatic rings. The fourth-order valence-corrected chi connectivity index (χ4v) is 3.51. The third kappa shape index (κ3) is 5.18. The predicted octanol–water partition coefficient (Wildman–Crippen LogP) is 3.77. The molecule has 0 radical (unpaired) electrons. The molecule has 0 fully saturated rings. The lowest BCUT2D eigenvalue weighted by Gasteiger charge is -2.11. The third-order valence-electron chi connectivity index (χ3n) is 3.98. The van der Waals surface area contributed by atoms with Crippen LogP contribution in [-0.4, -0.2) is 21.4 Å². The molecule has 0 saturated carbocycles. The van der Waals surface area contributed by atoms with E-state index in [-0.39, 0.29) is 11.8 Å². The molecule has 0 saturated heterocycles. The molecule has 0 aliphatic rings. The van der Waals surface area contributed by atoms with Crippen molar-refractivity contribution in [3.05, 3.63) is 84.2 Å². The molecule has 1 aromatic heterocycles. The van der Waals surface area contributed by atoms with Crippen LogP contribution in [-0.2, 0) is 17.7 Å². The lowest BCUT2D eigenvalue weighted by Crippen LogP contribution is -2.28. The minimum absolute atomic E-state index is 0.0328. The molecular weight excluding hydrogens is 374 g/mol. The van der Waals surface area contributed by atoms with Crippen molar-refractivity contribution in [1.29, 1.82) is 0 Å². The summed E-state index contributed by atoms with van der Waals surface area (Å²) in [6.07, 6.45) is 3.36. The molecule has 28 heavy (non-hydrogen) atoms. The molecule has 1 heterocycles. The Hall–Kier alpha value is -3.16. The number of carbonyl (C=O) groups is 2. The van der Waals surface area contributed by atoms with Gasteiger partial charge in [-0.2, -0.15) is 0 Å². The molecule has 0 aliphatic heterocycles. The Balaban J connectivity index is 1.58. The second kappa shape index (κ2) is 9.16.